The zero-order valence-corrected chi connectivity index (χ0v) is 11.4. The summed E-state index contributed by atoms with van der Waals surface area (Å²) >= 11 is 0. The highest BCUT2D eigenvalue weighted by atomic mass is 16.5. The molecule has 0 heterocycles. The van der Waals surface area contributed by atoms with Gasteiger partial charge in [0.2, 0.25) is 0 Å². The SMILES string of the molecule is COc1ccc(N=C(N)Oc2ccccc2)cc1OC. The van der Waals surface area contributed by atoms with Crippen molar-refractivity contribution < 1.29 is 14.2 Å². The Bertz CT molecular complexity index is 597. The average Bonchev–Trinajstić information content (AvgIpc) is 2.48. The summed E-state index contributed by atoms with van der Waals surface area (Å²) in [6, 6.07) is 14.5. The maximum atomic E-state index is 5.76. The quantitative estimate of drug-likeness (QED) is 0.686. The number of nitrogens with two attached hydrogens (primary N) is 1. The van der Waals surface area contributed by atoms with Crippen molar-refractivity contribution in [3.63, 3.8) is 0 Å². The highest BCUT2D eigenvalue weighted by Gasteiger charge is 2.05. The van der Waals surface area contributed by atoms with Crippen LogP contribution in [-0.2, 0) is 0 Å². The molecule has 0 aliphatic heterocycles. The monoisotopic (exact) mass is 272 g/mol. The lowest BCUT2D eigenvalue weighted by molar-refractivity contribution is 0.355. The van der Waals surface area contributed by atoms with Crippen LogP contribution >= 0.6 is 0 Å². The van der Waals surface area contributed by atoms with Gasteiger partial charge in [0, 0.05) is 6.07 Å². The van der Waals surface area contributed by atoms with Crippen molar-refractivity contribution in [1.29, 1.82) is 0 Å². The lowest BCUT2D eigenvalue weighted by atomic mass is 10.3. The fourth-order valence-electron chi connectivity index (χ4n) is 1.65. The molecule has 0 radical (unpaired) electrons. The molecule has 0 fully saturated rings. The van der Waals surface area contributed by atoms with E-state index in [2.05, 4.69) is 4.99 Å². The molecule has 0 saturated heterocycles. The molecule has 0 saturated carbocycles. The van der Waals surface area contributed by atoms with Crippen LogP contribution in [0.2, 0.25) is 0 Å². The van der Waals surface area contributed by atoms with Crippen LogP contribution in [-0.4, -0.2) is 20.2 Å². The molecule has 0 aliphatic carbocycles. The molecular formula is C15H16N2O3. The number of aliphatic imine (C=N–C) groups is 1. The summed E-state index contributed by atoms with van der Waals surface area (Å²) in [7, 11) is 3.14. The molecule has 0 aliphatic rings. The lowest BCUT2D eigenvalue weighted by Crippen LogP contribution is -2.19. The standard InChI is InChI=1S/C15H16N2O3/c1-18-13-9-8-11(10-14(13)19-2)17-15(16)20-12-6-4-3-5-7-12/h3-10H,1-2H3,(H2,16,17). The van der Waals surface area contributed by atoms with E-state index in [0.717, 1.165) is 0 Å². The van der Waals surface area contributed by atoms with Crippen molar-refractivity contribution in [2.24, 2.45) is 10.7 Å². The number of rotatable bonds is 4. The Morgan fingerprint density at radius 3 is 2.30 bits per heavy atom. The summed E-state index contributed by atoms with van der Waals surface area (Å²) in [5, 5.41) is 0. The molecule has 2 aromatic carbocycles. The van der Waals surface area contributed by atoms with Crippen molar-refractivity contribution in [2.75, 3.05) is 14.2 Å². The number of hydrogen-bond acceptors (Lipinski definition) is 4. The van der Waals surface area contributed by atoms with E-state index < -0.39 is 0 Å². The zero-order chi connectivity index (χ0) is 14.4. The normalized spacial score (nSPS) is 11.0. The summed E-state index contributed by atoms with van der Waals surface area (Å²) < 4.78 is 15.8. The van der Waals surface area contributed by atoms with Crippen molar-refractivity contribution in [3.8, 4) is 17.2 Å². The first kappa shape index (κ1) is 13.7. The van der Waals surface area contributed by atoms with E-state index in [-0.39, 0.29) is 6.02 Å². The highest BCUT2D eigenvalue weighted by molar-refractivity contribution is 5.77. The third kappa shape index (κ3) is 3.41. The second-order valence-corrected chi connectivity index (χ2v) is 3.90. The van der Waals surface area contributed by atoms with Crippen LogP contribution in [0.1, 0.15) is 0 Å². The molecule has 0 atom stereocenters. The van der Waals surface area contributed by atoms with Gasteiger partial charge in [0.15, 0.2) is 11.5 Å². The van der Waals surface area contributed by atoms with Crippen LogP contribution in [0.4, 0.5) is 5.69 Å². The van der Waals surface area contributed by atoms with Crippen LogP contribution in [0.25, 0.3) is 0 Å². The van der Waals surface area contributed by atoms with Crippen LogP contribution in [0, 0.1) is 0 Å². The van der Waals surface area contributed by atoms with Crippen molar-refractivity contribution in [1.82, 2.24) is 0 Å². The summed E-state index contributed by atoms with van der Waals surface area (Å²) in [5.74, 6) is 1.85. The fourth-order valence-corrected chi connectivity index (χ4v) is 1.65. The summed E-state index contributed by atoms with van der Waals surface area (Å²) in [4.78, 5) is 4.17. The van der Waals surface area contributed by atoms with E-state index in [4.69, 9.17) is 19.9 Å². The van der Waals surface area contributed by atoms with Gasteiger partial charge in [-0.2, -0.15) is 4.99 Å². The van der Waals surface area contributed by atoms with Gasteiger partial charge in [0.05, 0.1) is 19.9 Å². The van der Waals surface area contributed by atoms with Gasteiger partial charge < -0.3 is 19.9 Å². The smallest absolute Gasteiger partial charge is 0.292 e. The first-order chi connectivity index (χ1) is 9.72. The van der Waals surface area contributed by atoms with Crippen LogP contribution in [0.3, 0.4) is 0 Å². The maximum absolute atomic E-state index is 5.76. The third-order valence-electron chi connectivity index (χ3n) is 2.57. The van der Waals surface area contributed by atoms with Gasteiger partial charge in [-0.25, -0.2) is 0 Å². The van der Waals surface area contributed by atoms with Crippen LogP contribution in [0.15, 0.2) is 53.5 Å². The number of amidine groups is 1. The predicted octanol–water partition coefficient (Wildman–Crippen LogP) is 2.73. The van der Waals surface area contributed by atoms with Gasteiger partial charge in [0.1, 0.15) is 5.75 Å². The van der Waals surface area contributed by atoms with Gasteiger partial charge in [-0.05, 0) is 24.3 Å². The first-order valence-corrected chi connectivity index (χ1v) is 6.02. The van der Waals surface area contributed by atoms with Gasteiger partial charge in [0.25, 0.3) is 6.02 Å². The Kier molecular flexibility index (Phi) is 4.44. The summed E-state index contributed by atoms with van der Waals surface area (Å²) in [6.45, 7) is 0. The molecule has 0 spiro atoms. The molecule has 0 unspecified atom stereocenters. The number of ether oxygens (including phenoxy) is 3. The van der Waals surface area contributed by atoms with Gasteiger partial charge in [-0.1, -0.05) is 18.2 Å². The molecule has 5 heteroatoms. The molecule has 0 amide bonds. The lowest BCUT2D eigenvalue weighted by Gasteiger charge is -2.08. The molecule has 2 N–H and O–H groups in total. The third-order valence-corrected chi connectivity index (χ3v) is 2.57. The molecule has 2 aromatic rings. The van der Waals surface area contributed by atoms with Gasteiger partial charge in [-0.15, -0.1) is 0 Å². The zero-order valence-electron chi connectivity index (χ0n) is 11.4. The molecule has 2 rings (SSSR count). The number of para-hydroxylation sites is 1. The largest absolute Gasteiger partial charge is 0.493 e. The van der Waals surface area contributed by atoms with Crippen LogP contribution < -0.4 is 19.9 Å². The van der Waals surface area contributed by atoms with Crippen molar-refractivity contribution >= 4 is 11.7 Å². The van der Waals surface area contributed by atoms with E-state index in [1.807, 2.05) is 18.2 Å². The fraction of sp³-hybridized carbons (Fsp3) is 0.133. The van der Waals surface area contributed by atoms with Gasteiger partial charge in [-0.3, -0.25) is 0 Å². The molecule has 20 heavy (non-hydrogen) atoms. The minimum Gasteiger partial charge on any atom is -0.493 e. The topological polar surface area (TPSA) is 66.1 Å². The minimum absolute atomic E-state index is 0.0587. The molecule has 0 bridgehead atoms. The highest BCUT2D eigenvalue weighted by Crippen LogP contribution is 2.31. The summed E-state index contributed by atoms with van der Waals surface area (Å²) in [6.07, 6.45) is 0. The molecule has 0 aromatic heterocycles. The summed E-state index contributed by atoms with van der Waals surface area (Å²) in [5.41, 5.74) is 6.38. The van der Waals surface area contributed by atoms with E-state index in [1.165, 1.54) is 0 Å². The Balaban J connectivity index is 2.17. The Labute approximate surface area is 117 Å². The van der Waals surface area contributed by atoms with Crippen molar-refractivity contribution in [3.05, 3.63) is 48.5 Å². The average molecular weight is 272 g/mol. The molecule has 104 valence electrons. The maximum Gasteiger partial charge on any atom is 0.292 e. The second kappa shape index (κ2) is 6.47. The van der Waals surface area contributed by atoms with E-state index in [9.17, 15) is 0 Å². The number of hydrogen-bond donors (Lipinski definition) is 1. The first-order valence-electron chi connectivity index (χ1n) is 6.02. The van der Waals surface area contributed by atoms with E-state index in [0.29, 0.717) is 22.9 Å². The second-order valence-electron chi connectivity index (χ2n) is 3.90. The number of nitrogens with zero attached hydrogens (tertiary/aromatic N) is 1. The van der Waals surface area contributed by atoms with Gasteiger partial charge >= 0.3 is 0 Å². The molecule has 5 nitrogen and oxygen atoms in total. The Morgan fingerprint density at radius 2 is 1.65 bits per heavy atom. The van der Waals surface area contributed by atoms with Crippen LogP contribution in [0.5, 0.6) is 17.2 Å². The van der Waals surface area contributed by atoms with E-state index >= 15 is 0 Å². The minimum atomic E-state index is 0.0587. The molecular weight excluding hydrogens is 256 g/mol. The Morgan fingerprint density at radius 1 is 0.950 bits per heavy atom. The number of benzene rings is 2. The number of methoxy groups -OCH3 is 2. The van der Waals surface area contributed by atoms with Crippen molar-refractivity contribution in [2.45, 2.75) is 0 Å². The predicted molar refractivity (Wildman–Crippen MR) is 77.9 cm³/mol. The Hall–Kier alpha value is -2.69. The van der Waals surface area contributed by atoms with E-state index in [1.54, 1.807) is 44.6 Å².